The molecule has 0 saturated carbocycles. The largest absolute Gasteiger partial charge is 0.458 e. The lowest BCUT2D eigenvalue weighted by Crippen LogP contribution is -2.07. The van der Waals surface area contributed by atoms with Crippen molar-refractivity contribution in [2.75, 3.05) is 6.79 Å². The molecule has 4 aromatic carbocycles. The van der Waals surface area contributed by atoms with Gasteiger partial charge in [-0.15, -0.1) is 0 Å². The van der Waals surface area contributed by atoms with Crippen molar-refractivity contribution in [3.05, 3.63) is 156 Å². The predicted molar refractivity (Wildman–Crippen MR) is 175 cm³/mol. The molecular formula is C39H37NO4. The number of nitrogens with zero attached hydrogens (tertiary/aromatic N) is 1. The highest BCUT2D eigenvalue weighted by molar-refractivity contribution is 5.90. The molecular weight excluding hydrogens is 546 g/mol. The van der Waals surface area contributed by atoms with Gasteiger partial charge in [0.25, 0.3) is 0 Å². The number of carbonyl (C=O) groups is 1. The fraction of sp³-hybridized carbons (Fsp3) is 0.179. The number of hydrogen-bond donors (Lipinski definition) is 0. The monoisotopic (exact) mass is 583 g/mol. The summed E-state index contributed by atoms with van der Waals surface area (Å²) in [5.74, 6) is 1.85. The molecule has 0 aromatic heterocycles. The highest BCUT2D eigenvalue weighted by Crippen LogP contribution is 2.23. The summed E-state index contributed by atoms with van der Waals surface area (Å²) < 4.78 is 17.0. The van der Waals surface area contributed by atoms with Crippen LogP contribution in [0.25, 0.3) is 11.1 Å². The first-order chi connectivity index (χ1) is 21.5. The average molecular weight is 584 g/mol. The molecule has 44 heavy (non-hydrogen) atoms. The van der Waals surface area contributed by atoms with E-state index in [-0.39, 0.29) is 6.79 Å². The molecule has 4 aromatic rings. The molecule has 5 nitrogen and oxygen atoms in total. The number of benzene rings is 4. The van der Waals surface area contributed by atoms with Gasteiger partial charge in [-0.1, -0.05) is 87.5 Å². The molecule has 1 atom stereocenters. The van der Waals surface area contributed by atoms with E-state index in [1.54, 1.807) is 54.6 Å². The maximum absolute atomic E-state index is 12.8. The zero-order valence-electron chi connectivity index (χ0n) is 25.2. The minimum absolute atomic E-state index is 0.0115. The van der Waals surface area contributed by atoms with Crippen LogP contribution in [0.15, 0.2) is 134 Å². The highest BCUT2D eigenvalue weighted by atomic mass is 16.7. The zero-order valence-corrected chi connectivity index (χ0v) is 25.2. The summed E-state index contributed by atoms with van der Waals surface area (Å²) in [7, 11) is 0. The third-order valence-electron chi connectivity index (χ3n) is 7.18. The van der Waals surface area contributed by atoms with E-state index in [0.717, 1.165) is 24.0 Å². The van der Waals surface area contributed by atoms with Gasteiger partial charge in [0.15, 0.2) is 0 Å². The molecule has 0 spiro atoms. The molecule has 0 fully saturated rings. The van der Waals surface area contributed by atoms with Gasteiger partial charge in [-0.2, -0.15) is 5.26 Å². The number of hydrogen-bond acceptors (Lipinski definition) is 5. The van der Waals surface area contributed by atoms with E-state index in [4.69, 9.17) is 19.5 Å². The molecule has 0 aliphatic rings. The summed E-state index contributed by atoms with van der Waals surface area (Å²) in [6.07, 6.45) is 10.0. The molecule has 0 heterocycles. The molecule has 4 rings (SSSR count). The van der Waals surface area contributed by atoms with Crippen LogP contribution in [-0.4, -0.2) is 12.8 Å². The summed E-state index contributed by atoms with van der Waals surface area (Å²) in [5.41, 5.74) is 5.61. The number of nitriles is 1. The molecule has 1 unspecified atom stereocenters. The second-order valence-electron chi connectivity index (χ2n) is 10.5. The maximum atomic E-state index is 12.8. The van der Waals surface area contributed by atoms with Crippen LogP contribution in [0, 0.1) is 17.2 Å². The first kappa shape index (κ1) is 31.6. The maximum Gasteiger partial charge on any atom is 0.343 e. The van der Waals surface area contributed by atoms with Crippen molar-refractivity contribution in [2.45, 2.75) is 33.1 Å². The second-order valence-corrected chi connectivity index (χ2v) is 10.5. The van der Waals surface area contributed by atoms with E-state index in [1.807, 2.05) is 42.5 Å². The van der Waals surface area contributed by atoms with Gasteiger partial charge in [0.05, 0.1) is 17.2 Å². The van der Waals surface area contributed by atoms with Crippen molar-refractivity contribution >= 4 is 5.97 Å². The van der Waals surface area contributed by atoms with E-state index < -0.39 is 5.97 Å². The van der Waals surface area contributed by atoms with Crippen molar-refractivity contribution in [2.24, 2.45) is 5.92 Å². The minimum Gasteiger partial charge on any atom is -0.458 e. The third kappa shape index (κ3) is 9.61. The number of ether oxygens (including phenoxy) is 3. The van der Waals surface area contributed by atoms with Gasteiger partial charge >= 0.3 is 5.97 Å². The number of rotatable bonds is 14. The SMILES string of the molecule is C=C/C=C(\C=C/Cc1ccc(CC(C)CC)cc1)OC(=O)c1ccc(OCOc2ccc(-c3ccc(C#N)cc3)cc2)cc1. The van der Waals surface area contributed by atoms with Crippen LogP contribution in [0.2, 0.25) is 0 Å². The van der Waals surface area contributed by atoms with E-state index in [1.165, 1.54) is 17.5 Å². The quantitative estimate of drug-likeness (QED) is 0.0640. The Morgan fingerprint density at radius 3 is 1.98 bits per heavy atom. The van der Waals surface area contributed by atoms with Crippen molar-refractivity contribution in [3.63, 3.8) is 0 Å². The molecule has 0 aliphatic carbocycles. The lowest BCUT2D eigenvalue weighted by Gasteiger charge is -2.10. The van der Waals surface area contributed by atoms with Gasteiger partial charge in [-0.05, 0) is 102 Å². The molecule has 0 saturated heterocycles. The van der Waals surface area contributed by atoms with E-state index in [0.29, 0.717) is 34.3 Å². The van der Waals surface area contributed by atoms with Crippen LogP contribution in [0.3, 0.4) is 0 Å². The van der Waals surface area contributed by atoms with Gasteiger partial charge in [0, 0.05) is 0 Å². The van der Waals surface area contributed by atoms with Gasteiger partial charge in [0.2, 0.25) is 6.79 Å². The van der Waals surface area contributed by atoms with Crippen LogP contribution in [0.5, 0.6) is 11.5 Å². The fourth-order valence-corrected chi connectivity index (χ4v) is 4.41. The van der Waals surface area contributed by atoms with Crippen molar-refractivity contribution in [3.8, 4) is 28.7 Å². The van der Waals surface area contributed by atoms with Crippen molar-refractivity contribution < 1.29 is 19.0 Å². The second kappa shape index (κ2) is 16.3. The summed E-state index contributed by atoms with van der Waals surface area (Å²) in [6, 6.07) is 32.6. The highest BCUT2D eigenvalue weighted by Gasteiger charge is 2.10. The molecule has 0 bridgehead atoms. The summed E-state index contributed by atoms with van der Waals surface area (Å²) in [5, 5.41) is 8.96. The standard InChI is InChI=1S/C39H37NO4/c1-4-7-38(9-6-8-30-10-12-31(13-11-30)26-29(3)5-2)44-39(41)35-20-24-37(25-21-35)43-28-42-36-22-18-34(19-23-36)33-16-14-32(27-40)15-17-33/h4,6-7,9-25,29H,1,5,8,26,28H2,2-3H3/b9-6-,38-7+. The topological polar surface area (TPSA) is 68.6 Å². The van der Waals surface area contributed by atoms with Crippen LogP contribution in [0.1, 0.15) is 47.3 Å². The summed E-state index contributed by atoms with van der Waals surface area (Å²) >= 11 is 0. The van der Waals surface area contributed by atoms with Gasteiger partial charge in [0.1, 0.15) is 17.3 Å². The molecule has 5 heteroatoms. The van der Waals surface area contributed by atoms with E-state index in [9.17, 15) is 4.79 Å². The smallest absolute Gasteiger partial charge is 0.343 e. The van der Waals surface area contributed by atoms with Crippen LogP contribution in [-0.2, 0) is 17.6 Å². The first-order valence-electron chi connectivity index (χ1n) is 14.7. The predicted octanol–water partition coefficient (Wildman–Crippen LogP) is 9.25. The van der Waals surface area contributed by atoms with Crippen LogP contribution >= 0.6 is 0 Å². The molecule has 0 N–H and O–H groups in total. The lowest BCUT2D eigenvalue weighted by molar-refractivity contribution is 0.0637. The molecule has 222 valence electrons. The number of allylic oxidation sites excluding steroid dienone is 4. The van der Waals surface area contributed by atoms with Gasteiger partial charge < -0.3 is 14.2 Å². The molecule has 0 amide bonds. The Morgan fingerprint density at radius 1 is 0.841 bits per heavy atom. The van der Waals surface area contributed by atoms with Gasteiger partial charge in [-0.3, -0.25) is 0 Å². The Balaban J connectivity index is 1.24. The number of esters is 1. The molecule has 0 radical (unpaired) electrons. The van der Waals surface area contributed by atoms with Crippen LogP contribution in [0.4, 0.5) is 0 Å². The van der Waals surface area contributed by atoms with Crippen molar-refractivity contribution in [1.82, 2.24) is 0 Å². The Hall–Kier alpha value is -5.34. The van der Waals surface area contributed by atoms with E-state index in [2.05, 4.69) is 50.8 Å². The minimum atomic E-state index is -0.470. The number of carbonyl (C=O) groups excluding carboxylic acids is 1. The fourth-order valence-electron chi connectivity index (χ4n) is 4.41. The Kier molecular flexibility index (Phi) is 11.7. The Labute approximate surface area is 260 Å². The van der Waals surface area contributed by atoms with Gasteiger partial charge in [-0.25, -0.2) is 4.79 Å². The summed E-state index contributed by atoms with van der Waals surface area (Å²) in [4.78, 5) is 12.8. The van der Waals surface area contributed by atoms with Crippen LogP contribution < -0.4 is 9.47 Å². The zero-order chi connectivity index (χ0) is 31.1. The van der Waals surface area contributed by atoms with E-state index >= 15 is 0 Å². The third-order valence-corrected chi connectivity index (χ3v) is 7.18. The normalized spacial score (nSPS) is 11.9. The Bertz CT molecular complexity index is 1610. The Morgan fingerprint density at radius 2 is 1.41 bits per heavy atom. The lowest BCUT2D eigenvalue weighted by atomic mass is 9.98. The first-order valence-corrected chi connectivity index (χ1v) is 14.7. The van der Waals surface area contributed by atoms with Crippen molar-refractivity contribution in [1.29, 1.82) is 5.26 Å². The molecule has 0 aliphatic heterocycles. The summed E-state index contributed by atoms with van der Waals surface area (Å²) in [6.45, 7) is 8.23. The average Bonchev–Trinajstić information content (AvgIpc) is 3.06.